The Morgan fingerprint density at radius 3 is 2.88 bits per heavy atom. The molecule has 0 aliphatic heterocycles. The third-order valence-corrected chi connectivity index (χ3v) is 3.90. The summed E-state index contributed by atoms with van der Waals surface area (Å²) in [5, 5.41) is 4.62. The first-order valence-corrected chi connectivity index (χ1v) is 7.04. The summed E-state index contributed by atoms with van der Waals surface area (Å²) in [4.78, 5) is 0. The van der Waals surface area contributed by atoms with Crippen LogP contribution in [0.3, 0.4) is 0 Å². The molecular weight excluding hydrogens is 210 g/mol. The van der Waals surface area contributed by atoms with Gasteiger partial charge in [-0.1, -0.05) is 13.3 Å². The first-order chi connectivity index (χ1) is 8.22. The molecule has 1 aliphatic rings. The lowest BCUT2D eigenvalue weighted by Crippen LogP contribution is -2.29. The molecule has 1 aromatic heterocycles. The molecule has 1 aromatic rings. The van der Waals surface area contributed by atoms with Crippen LogP contribution in [0.1, 0.15) is 50.9 Å². The average Bonchev–Trinajstić information content (AvgIpc) is 2.71. The molecule has 17 heavy (non-hydrogen) atoms. The van der Waals surface area contributed by atoms with Gasteiger partial charge in [0.2, 0.25) is 0 Å². The van der Waals surface area contributed by atoms with Crippen LogP contribution in [0.4, 0.5) is 0 Å². The fourth-order valence-electron chi connectivity index (χ4n) is 2.94. The topological polar surface area (TPSA) is 43.8 Å². The Balaban J connectivity index is 2.03. The van der Waals surface area contributed by atoms with E-state index in [0.717, 1.165) is 25.3 Å². The van der Waals surface area contributed by atoms with E-state index in [1.807, 2.05) is 0 Å². The Morgan fingerprint density at radius 1 is 1.41 bits per heavy atom. The fraction of sp³-hybridized carbons (Fsp3) is 0.786. The average molecular weight is 235 g/mol. The van der Waals surface area contributed by atoms with Crippen LogP contribution in [0.2, 0.25) is 0 Å². The van der Waals surface area contributed by atoms with E-state index < -0.39 is 0 Å². The van der Waals surface area contributed by atoms with Crippen molar-refractivity contribution >= 4 is 0 Å². The first-order valence-electron chi connectivity index (χ1n) is 7.04. The number of aromatic nitrogens is 2. The van der Waals surface area contributed by atoms with Crippen LogP contribution in [0.25, 0.3) is 0 Å². The standard InChI is InChI=1S/C14H25N3/c1-3-13-10-14(17(4-2)16-13)9-11-6-5-7-12(15)8-11/h10-12H,3-9,15H2,1-2H3. The van der Waals surface area contributed by atoms with Crippen molar-refractivity contribution in [2.45, 2.75) is 65.0 Å². The van der Waals surface area contributed by atoms with Gasteiger partial charge in [-0.2, -0.15) is 5.10 Å². The molecule has 1 heterocycles. The smallest absolute Gasteiger partial charge is 0.0624 e. The Hall–Kier alpha value is -0.830. The summed E-state index contributed by atoms with van der Waals surface area (Å²) < 4.78 is 2.17. The van der Waals surface area contributed by atoms with Gasteiger partial charge in [0.15, 0.2) is 0 Å². The molecule has 0 spiro atoms. The second kappa shape index (κ2) is 5.67. The van der Waals surface area contributed by atoms with E-state index in [2.05, 4.69) is 29.7 Å². The van der Waals surface area contributed by atoms with Gasteiger partial charge in [-0.15, -0.1) is 0 Å². The largest absolute Gasteiger partial charge is 0.328 e. The number of aryl methyl sites for hydroxylation is 2. The van der Waals surface area contributed by atoms with E-state index in [0.29, 0.717) is 6.04 Å². The van der Waals surface area contributed by atoms with Gasteiger partial charge in [0, 0.05) is 18.3 Å². The highest BCUT2D eigenvalue weighted by molar-refractivity contribution is 5.11. The number of rotatable bonds is 4. The van der Waals surface area contributed by atoms with E-state index in [1.165, 1.54) is 37.1 Å². The highest BCUT2D eigenvalue weighted by Crippen LogP contribution is 2.26. The molecule has 96 valence electrons. The predicted molar refractivity (Wildman–Crippen MR) is 70.9 cm³/mol. The van der Waals surface area contributed by atoms with Crippen molar-refractivity contribution in [2.24, 2.45) is 11.7 Å². The number of hydrogen-bond acceptors (Lipinski definition) is 2. The molecule has 1 fully saturated rings. The van der Waals surface area contributed by atoms with E-state index >= 15 is 0 Å². The molecule has 2 atom stereocenters. The molecule has 0 bridgehead atoms. The summed E-state index contributed by atoms with van der Waals surface area (Å²) in [6, 6.07) is 2.71. The Kier molecular flexibility index (Phi) is 4.21. The minimum Gasteiger partial charge on any atom is -0.328 e. The van der Waals surface area contributed by atoms with Crippen LogP contribution in [0.5, 0.6) is 0 Å². The summed E-state index contributed by atoms with van der Waals surface area (Å²) in [5.74, 6) is 0.769. The van der Waals surface area contributed by atoms with Crippen LogP contribution in [0, 0.1) is 5.92 Å². The Labute approximate surface area is 104 Å². The summed E-state index contributed by atoms with van der Waals surface area (Å²) in [7, 11) is 0. The summed E-state index contributed by atoms with van der Waals surface area (Å²) in [6.07, 6.45) is 7.23. The first kappa shape index (κ1) is 12.6. The molecule has 0 aromatic carbocycles. The highest BCUT2D eigenvalue weighted by Gasteiger charge is 2.21. The lowest BCUT2D eigenvalue weighted by Gasteiger charge is -2.26. The van der Waals surface area contributed by atoms with Gasteiger partial charge in [0.25, 0.3) is 0 Å². The molecule has 2 unspecified atom stereocenters. The normalized spacial score (nSPS) is 25.1. The molecule has 0 amide bonds. The monoisotopic (exact) mass is 235 g/mol. The minimum absolute atomic E-state index is 0.428. The van der Waals surface area contributed by atoms with Crippen molar-refractivity contribution in [3.8, 4) is 0 Å². The third-order valence-electron chi connectivity index (χ3n) is 3.90. The molecule has 1 aliphatic carbocycles. The van der Waals surface area contributed by atoms with Crippen molar-refractivity contribution in [1.82, 2.24) is 9.78 Å². The van der Waals surface area contributed by atoms with Gasteiger partial charge >= 0.3 is 0 Å². The van der Waals surface area contributed by atoms with E-state index in [9.17, 15) is 0 Å². The number of nitrogens with two attached hydrogens (primary N) is 1. The third kappa shape index (κ3) is 3.09. The lowest BCUT2D eigenvalue weighted by atomic mass is 9.83. The van der Waals surface area contributed by atoms with Crippen LogP contribution < -0.4 is 5.73 Å². The zero-order valence-electron chi connectivity index (χ0n) is 11.2. The zero-order chi connectivity index (χ0) is 12.3. The molecule has 2 rings (SSSR count). The van der Waals surface area contributed by atoms with Crippen molar-refractivity contribution < 1.29 is 0 Å². The second-order valence-electron chi connectivity index (χ2n) is 5.29. The zero-order valence-corrected chi connectivity index (χ0v) is 11.2. The van der Waals surface area contributed by atoms with Crippen LogP contribution >= 0.6 is 0 Å². The number of nitrogens with zero attached hydrogens (tertiary/aromatic N) is 2. The Morgan fingerprint density at radius 2 is 2.24 bits per heavy atom. The molecular formula is C14H25N3. The summed E-state index contributed by atoms with van der Waals surface area (Å²) >= 11 is 0. The maximum absolute atomic E-state index is 6.06. The predicted octanol–water partition coefficient (Wildman–Crippen LogP) is 2.53. The van der Waals surface area contributed by atoms with E-state index in [-0.39, 0.29) is 0 Å². The molecule has 1 saturated carbocycles. The molecule has 0 saturated heterocycles. The van der Waals surface area contributed by atoms with Crippen LogP contribution in [-0.2, 0) is 19.4 Å². The maximum atomic E-state index is 6.06. The minimum atomic E-state index is 0.428. The maximum Gasteiger partial charge on any atom is 0.0624 e. The van der Waals surface area contributed by atoms with Crippen LogP contribution in [0.15, 0.2) is 6.07 Å². The second-order valence-corrected chi connectivity index (χ2v) is 5.29. The lowest BCUT2D eigenvalue weighted by molar-refractivity contribution is 0.315. The summed E-state index contributed by atoms with van der Waals surface area (Å²) in [6.45, 7) is 5.32. The Bertz CT molecular complexity index is 356. The molecule has 3 heteroatoms. The van der Waals surface area contributed by atoms with Crippen LogP contribution in [-0.4, -0.2) is 15.8 Å². The van der Waals surface area contributed by atoms with Crippen molar-refractivity contribution in [3.05, 3.63) is 17.5 Å². The quantitative estimate of drug-likeness (QED) is 0.871. The van der Waals surface area contributed by atoms with E-state index in [4.69, 9.17) is 5.73 Å². The van der Waals surface area contributed by atoms with Gasteiger partial charge < -0.3 is 5.73 Å². The SMILES string of the molecule is CCc1cc(CC2CCCC(N)C2)n(CC)n1. The van der Waals surface area contributed by atoms with Gasteiger partial charge in [-0.25, -0.2) is 0 Å². The molecule has 3 nitrogen and oxygen atoms in total. The van der Waals surface area contributed by atoms with Gasteiger partial charge in [0.1, 0.15) is 0 Å². The highest BCUT2D eigenvalue weighted by atomic mass is 15.3. The van der Waals surface area contributed by atoms with Gasteiger partial charge in [0.05, 0.1) is 5.69 Å². The van der Waals surface area contributed by atoms with Gasteiger partial charge in [-0.05, 0) is 51.0 Å². The van der Waals surface area contributed by atoms with Crippen molar-refractivity contribution in [2.75, 3.05) is 0 Å². The van der Waals surface area contributed by atoms with E-state index in [1.54, 1.807) is 0 Å². The summed E-state index contributed by atoms with van der Waals surface area (Å²) in [5.41, 5.74) is 8.69. The number of hydrogen-bond donors (Lipinski definition) is 1. The fourth-order valence-corrected chi connectivity index (χ4v) is 2.94. The molecule has 0 radical (unpaired) electrons. The van der Waals surface area contributed by atoms with Crippen molar-refractivity contribution in [1.29, 1.82) is 0 Å². The molecule has 2 N–H and O–H groups in total. The van der Waals surface area contributed by atoms with Crippen molar-refractivity contribution in [3.63, 3.8) is 0 Å². The van der Waals surface area contributed by atoms with Gasteiger partial charge in [-0.3, -0.25) is 4.68 Å².